The summed E-state index contributed by atoms with van der Waals surface area (Å²) in [5.74, 6) is 0.860. The number of nitrogens with zero attached hydrogens (tertiary/aromatic N) is 2. The summed E-state index contributed by atoms with van der Waals surface area (Å²) < 4.78 is 41.1. The van der Waals surface area contributed by atoms with Crippen LogP contribution >= 0.6 is 35.3 Å². The van der Waals surface area contributed by atoms with Crippen LogP contribution in [0.5, 0.6) is 5.75 Å². The molecule has 2 N–H and O–H groups in total. The second-order valence-electron chi connectivity index (χ2n) is 5.89. The van der Waals surface area contributed by atoms with Gasteiger partial charge in [0.2, 0.25) is 0 Å². The Labute approximate surface area is 183 Å². The third kappa shape index (κ3) is 9.58. The molecule has 0 aliphatic rings. The number of rotatable bonds is 8. The van der Waals surface area contributed by atoms with Crippen LogP contribution in [0.15, 0.2) is 34.6 Å². The fraction of sp³-hybridized carbons (Fsp3) is 0.444. The Hall–Kier alpha value is -1.56. The summed E-state index contributed by atoms with van der Waals surface area (Å²) in [5, 5.41) is 9.57. The Bertz CT molecular complexity index is 735. The van der Waals surface area contributed by atoms with Gasteiger partial charge in [0.1, 0.15) is 5.75 Å². The van der Waals surface area contributed by atoms with E-state index in [2.05, 4.69) is 25.3 Å². The van der Waals surface area contributed by atoms with Crippen LogP contribution in [0.4, 0.5) is 13.2 Å². The van der Waals surface area contributed by atoms with Crippen molar-refractivity contribution in [3.8, 4) is 5.75 Å². The maximum Gasteiger partial charge on any atom is 0.422 e. The molecule has 2 rings (SSSR count). The lowest BCUT2D eigenvalue weighted by molar-refractivity contribution is -0.153. The van der Waals surface area contributed by atoms with Crippen molar-refractivity contribution in [1.82, 2.24) is 15.6 Å². The van der Waals surface area contributed by atoms with Crippen LogP contribution < -0.4 is 15.4 Å². The van der Waals surface area contributed by atoms with Gasteiger partial charge >= 0.3 is 6.18 Å². The lowest BCUT2D eigenvalue weighted by Crippen LogP contribution is -2.37. The SMILES string of the molecule is CN=C(NCCCc1nc(C)cs1)NCc1ccc(OCC(F)(F)F)cc1.I. The normalized spacial score (nSPS) is 11.7. The highest BCUT2D eigenvalue weighted by Gasteiger charge is 2.28. The van der Waals surface area contributed by atoms with Crippen LogP contribution in [-0.4, -0.2) is 37.3 Å². The zero-order chi connectivity index (χ0) is 19.7. The third-order valence-electron chi connectivity index (χ3n) is 3.54. The van der Waals surface area contributed by atoms with E-state index in [1.54, 1.807) is 30.5 Å². The van der Waals surface area contributed by atoms with Crippen LogP contribution in [0.2, 0.25) is 0 Å². The maximum absolute atomic E-state index is 12.1. The van der Waals surface area contributed by atoms with Crippen molar-refractivity contribution in [2.45, 2.75) is 32.5 Å². The second-order valence-corrected chi connectivity index (χ2v) is 6.83. The van der Waals surface area contributed by atoms with Crippen molar-refractivity contribution >= 4 is 41.3 Å². The van der Waals surface area contributed by atoms with E-state index in [0.29, 0.717) is 12.5 Å². The number of aliphatic imine (C=N–C) groups is 1. The molecule has 0 saturated heterocycles. The highest BCUT2D eigenvalue weighted by Crippen LogP contribution is 2.18. The van der Waals surface area contributed by atoms with Gasteiger partial charge in [0, 0.05) is 37.6 Å². The minimum absolute atomic E-state index is 0. The number of nitrogens with one attached hydrogen (secondary N) is 2. The summed E-state index contributed by atoms with van der Waals surface area (Å²) in [5.41, 5.74) is 1.96. The molecule has 0 radical (unpaired) electrons. The van der Waals surface area contributed by atoms with E-state index in [0.717, 1.165) is 35.7 Å². The van der Waals surface area contributed by atoms with E-state index >= 15 is 0 Å². The number of aromatic nitrogens is 1. The van der Waals surface area contributed by atoms with Crippen molar-refractivity contribution in [3.63, 3.8) is 0 Å². The summed E-state index contributed by atoms with van der Waals surface area (Å²) in [4.78, 5) is 8.59. The average molecular weight is 528 g/mol. The van der Waals surface area contributed by atoms with Gasteiger partial charge in [0.15, 0.2) is 12.6 Å². The van der Waals surface area contributed by atoms with Gasteiger partial charge in [-0.05, 0) is 31.0 Å². The predicted molar refractivity (Wildman–Crippen MR) is 117 cm³/mol. The monoisotopic (exact) mass is 528 g/mol. The second kappa shape index (κ2) is 12.1. The zero-order valence-corrected chi connectivity index (χ0v) is 18.8. The molecule has 1 aromatic heterocycles. The van der Waals surface area contributed by atoms with Crippen molar-refractivity contribution in [2.75, 3.05) is 20.2 Å². The average Bonchev–Trinajstić information content (AvgIpc) is 3.05. The van der Waals surface area contributed by atoms with Gasteiger partial charge in [-0.3, -0.25) is 4.99 Å². The van der Waals surface area contributed by atoms with E-state index in [4.69, 9.17) is 0 Å². The fourth-order valence-corrected chi connectivity index (χ4v) is 3.06. The number of hydrogen-bond donors (Lipinski definition) is 2. The Balaban J connectivity index is 0.00000392. The Kier molecular flexibility index (Phi) is 10.6. The first-order valence-electron chi connectivity index (χ1n) is 8.50. The van der Waals surface area contributed by atoms with Crippen LogP contribution in [0.3, 0.4) is 0 Å². The molecule has 156 valence electrons. The largest absolute Gasteiger partial charge is 0.484 e. The molecule has 10 heteroatoms. The van der Waals surface area contributed by atoms with Gasteiger partial charge in [0.05, 0.1) is 5.01 Å². The number of hydrogen-bond acceptors (Lipinski definition) is 4. The first-order chi connectivity index (χ1) is 12.9. The molecule has 0 bridgehead atoms. The summed E-state index contributed by atoms with van der Waals surface area (Å²) in [6.45, 7) is 1.97. The molecule has 0 amide bonds. The van der Waals surface area contributed by atoms with Crippen LogP contribution in [0, 0.1) is 6.92 Å². The minimum atomic E-state index is -4.34. The van der Waals surface area contributed by atoms with Gasteiger partial charge in [-0.25, -0.2) is 4.98 Å². The Morgan fingerprint density at radius 3 is 2.50 bits per heavy atom. The van der Waals surface area contributed by atoms with E-state index in [9.17, 15) is 13.2 Å². The van der Waals surface area contributed by atoms with E-state index in [-0.39, 0.29) is 29.7 Å². The highest BCUT2D eigenvalue weighted by molar-refractivity contribution is 14.0. The third-order valence-corrected chi connectivity index (χ3v) is 4.56. The molecule has 0 atom stereocenters. The molecule has 28 heavy (non-hydrogen) atoms. The van der Waals surface area contributed by atoms with Crippen molar-refractivity contribution in [2.24, 2.45) is 4.99 Å². The van der Waals surface area contributed by atoms with Crippen molar-refractivity contribution in [1.29, 1.82) is 0 Å². The summed E-state index contributed by atoms with van der Waals surface area (Å²) in [6, 6.07) is 6.48. The predicted octanol–water partition coefficient (Wildman–Crippen LogP) is 4.31. The van der Waals surface area contributed by atoms with E-state index in [1.165, 1.54) is 12.1 Å². The summed E-state index contributed by atoms with van der Waals surface area (Å²) in [6.07, 6.45) is -2.47. The lowest BCUT2D eigenvalue weighted by atomic mass is 10.2. The van der Waals surface area contributed by atoms with E-state index in [1.807, 2.05) is 12.3 Å². The number of benzene rings is 1. The van der Waals surface area contributed by atoms with Crippen LogP contribution in [0.25, 0.3) is 0 Å². The van der Waals surface area contributed by atoms with Gasteiger partial charge in [-0.15, -0.1) is 35.3 Å². The molecule has 0 aliphatic carbocycles. The van der Waals surface area contributed by atoms with Gasteiger partial charge in [0.25, 0.3) is 0 Å². The topological polar surface area (TPSA) is 58.5 Å². The van der Waals surface area contributed by atoms with E-state index < -0.39 is 12.8 Å². The minimum Gasteiger partial charge on any atom is -0.484 e. The number of aryl methyl sites for hydroxylation is 2. The molecule has 5 nitrogen and oxygen atoms in total. The number of thiazole rings is 1. The number of alkyl halides is 3. The summed E-state index contributed by atoms with van der Waals surface area (Å²) in [7, 11) is 1.69. The fourth-order valence-electron chi connectivity index (χ4n) is 2.24. The maximum atomic E-state index is 12.1. The van der Waals surface area contributed by atoms with Crippen LogP contribution in [-0.2, 0) is 13.0 Å². The lowest BCUT2D eigenvalue weighted by Gasteiger charge is -2.12. The standard InChI is InChI=1S/C18H23F3N4OS.HI/c1-13-11-27-16(25-13)4-3-9-23-17(22-2)24-10-14-5-7-15(8-6-14)26-12-18(19,20)21;/h5-8,11H,3-4,9-10,12H2,1-2H3,(H2,22,23,24);1H. The number of halogens is 4. The van der Waals surface area contributed by atoms with Gasteiger partial charge in [-0.1, -0.05) is 12.1 Å². The molecular formula is C18H24F3IN4OS. The molecule has 1 heterocycles. The quantitative estimate of drug-likeness (QED) is 0.232. The Morgan fingerprint density at radius 2 is 1.93 bits per heavy atom. The highest BCUT2D eigenvalue weighted by atomic mass is 127. The summed E-state index contributed by atoms with van der Waals surface area (Å²) >= 11 is 1.67. The first-order valence-corrected chi connectivity index (χ1v) is 9.38. The molecule has 2 aromatic rings. The van der Waals surface area contributed by atoms with Gasteiger partial charge in [-0.2, -0.15) is 13.2 Å². The smallest absolute Gasteiger partial charge is 0.422 e. The first kappa shape index (κ1) is 24.5. The Morgan fingerprint density at radius 1 is 1.21 bits per heavy atom. The molecule has 0 unspecified atom stereocenters. The van der Waals surface area contributed by atoms with Crippen molar-refractivity contribution < 1.29 is 17.9 Å². The van der Waals surface area contributed by atoms with Crippen LogP contribution in [0.1, 0.15) is 22.7 Å². The zero-order valence-electron chi connectivity index (χ0n) is 15.7. The van der Waals surface area contributed by atoms with Crippen molar-refractivity contribution in [3.05, 3.63) is 45.9 Å². The molecular weight excluding hydrogens is 504 g/mol. The van der Waals surface area contributed by atoms with Gasteiger partial charge < -0.3 is 15.4 Å². The number of guanidine groups is 1. The molecule has 0 fully saturated rings. The number of ether oxygens (including phenoxy) is 1. The molecule has 0 saturated carbocycles. The molecule has 0 aliphatic heterocycles. The molecule has 1 aromatic carbocycles. The molecule has 0 spiro atoms.